The second kappa shape index (κ2) is 8.24. The first-order valence-electron chi connectivity index (χ1n) is 8.19. The molecule has 2 aromatic carbocycles. The van der Waals surface area contributed by atoms with Crippen LogP contribution in [0.4, 0.5) is 5.00 Å². The first-order chi connectivity index (χ1) is 12.9. The van der Waals surface area contributed by atoms with Gasteiger partial charge in [-0.25, -0.2) is 13.4 Å². The Morgan fingerprint density at radius 2 is 1.78 bits per heavy atom. The van der Waals surface area contributed by atoms with E-state index in [1.807, 2.05) is 37.3 Å². The molecule has 0 unspecified atom stereocenters. The van der Waals surface area contributed by atoms with Crippen LogP contribution in [0.2, 0.25) is 0 Å². The zero-order chi connectivity index (χ0) is 19.4. The average molecular weight is 419 g/mol. The van der Waals surface area contributed by atoms with E-state index < -0.39 is 15.7 Å². The maximum absolute atomic E-state index is 12.8. The van der Waals surface area contributed by atoms with Gasteiger partial charge in [0.2, 0.25) is 0 Å². The number of sulfone groups is 1. The van der Waals surface area contributed by atoms with Crippen molar-refractivity contribution in [2.75, 3.05) is 17.3 Å². The molecule has 0 spiro atoms. The van der Waals surface area contributed by atoms with E-state index in [0.717, 1.165) is 21.9 Å². The van der Waals surface area contributed by atoms with Crippen molar-refractivity contribution in [2.24, 2.45) is 0 Å². The van der Waals surface area contributed by atoms with Crippen LogP contribution in [0, 0.1) is 0 Å². The van der Waals surface area contributed by atoms with Gasteiger partial charge in [0.15, 0.2) is 14.2 Å². The summed E-state index contributed by atoms with van der Waals surface area (Å²) in [6.45, 7) is 2.04. The first-order valence-corrected chi connectivity index (χ1v) is 11.9. The van der Waals surface area contributed by atoms with Crippen LogP contribution in [0.1, 0.15) is 17.3 Å². The Hall–Kier alpha value is -2.16. The first kappa shape index (κ1) is 19.6. The summed E-state index contributed by atoms with van der Waals surface area (Å²) in [7, 11) is -3.51. The fraction of sp³-hybridized carbons (Fsp3) is 0.158. The third-order valence-electron chi connectivity index (χ3n) is 3.68. The largest absolute Gasteiger partial charge is 0.312 e. The lowest BCUT2D eigenvalue weighted by Gasteiger charge is -2.09. The monoisotopic (exact) mass is 418 g/mol. The third-order valence-corrected chi connectivity index (χ3v) is 6.83. The number of benzene rings is 2. The smallest absolute Gasteiger partial charge is 0.257 e. The standard InChI is InChI=1S/C19H18N2O3S3/c1-3-25-19-20-16(13-9-5-4-6-10-13)18(26-19)21-17(22)14-11-7-8-12-15(14)27(2,23)24/h4-12H,3H2,1-2H3,(H,21,22). The minimum absolute atomic E-state index is 0.0106. The molecule has 1 N–H and O–H groups in total. The molecule has 0 saturated carbocycles. The topological polar surface area (TPSA) is 76.1 Å². The van der Waals surface area contributed by atoms with Crippen LogP contribution in [-0.4, -0.2) is 31.3 Å². The van der Waals surface area contributed by atoms with Gasteiger partial charge in [-0.1, -0.05) is 72.5 Å². The number of hydrogen-bond acceptors (Lipinski definition) is 6. The van der Waals surface area contributed by atoms with Gasteiger partial charge < -0.3 is 5.32 Å². The SMILES string of the molecule is CCSc1nc(-c2ccccc2)c(NC(=O)c2ccccc2S(C)(=O)=O)s1. The number of rotatable bonds is 6. The highest BCUT2D eigenvalue weighted by Crippen LogP contribution is 2.37. The molecule has 0 aliphatic rings. The number of aromatic nitrogens is 1. The molecule has 5 nitrogen and oxygen atoms in total. The summed E-state index contributed by atoms with van der Waals surface area (Å²) in [4.78, 5) is 17.5. The quantitative estimate of drug-likeness (QED) is 0.593. The number of thiazole rings is 1. The number of hydrogen-bond donors (Lipinski definition) is 1. The van der Waals surface area contributed by atoms with Gasteiger partial charge in [-0.05, 0) is 17.9 Å². The Labute approximate surface area is 166 Å². The van der Waals surface area contributed by atoms with Crippen LogP contribution in [0.5, 0.6) is 0 Å². The molecule has 1 aromatic heterocycles. The van der Waals surface area contributed by atoms with Crippen LogP contribution >= 0.6 is 23.1 Å². The highest BCUT2D eigenvalue weighted by molar-refractivity contribution is 8.01. The average Bonchev–Trinajstić information content (AvgIpc) is 3.04. The van der Waals surface area contributed by atoms with E-state index in [1.54, 1.807) is 23.9 Å². The van der Waals surface area contributed by atoms with Gasteiger partial charge in [-0.15, -0.1) is 0 Å². The lowest BCUT2D eigenvalue weighted by Crippen LogP contribution is -2.15. The van der Waals surface area contributed by atoms with E-state index in [4.69, 9.17) is 0 Å². The highest BCUT2D eigenvalue weighted by atomic mass is 32.2. The van der Waals surface area contributed by atoms with Crippen LogP contribution in [0.15, 0.2) is 63.8 Å². The van der Waals surface area contributed by atoms with E-state index in [1.165, 1.54) is 23.5 Å². The van der Waals surface area contributed by atoms with Crippen LogP contribution in [0.25, 0.3) is 11.3 Å². The van der Waals surface area contributed by atoms with E-state index in [0.29, 0.717) is 10.7 Å². The summed E-state index contributed by atoms with van der Waals surface area (Å²) in [6, 6.07) is 15.8. The normalized spacial score (nSPS) is 11.3. The molecular formula is C19H18N2O3S3. The van der Waals surface area contributed by atoms with Crippen molar-refractivity contribution in [3.05, 3.63) is 60.2 Å². The third kappa shape index (κ3) is 4.58. The molecule has 1 amide bonds. The zero-order valence-electron chi connectivity index (χ0n) is 14.8. The highest BCUT2D eigenvalue weighted by Gasteiger charge is 2.21. The van der Waals surface area contributed by atoms with Gasteiger partial charge in [-0.2, -0.15) is 0 Å². The molecule has 0 aliphatic carbocycles. The Balaban J connectivity index is 2.00. The van der Waals surface area contributed by atoms with Gasteiger partial charge in [0.1, 0.15) is 10.7 Å². The van der Waals surface area contributed by atoms with Crippen molar-refractivity contribution in [1.82, 2.24) is 4.98 Å². The molecule has 0 atom stereocenters. The van der Waals surface area contributed by atoms with Gasteiger partial charge in [0.25, 0.3) is 5.91 Å². The molecule has 0 fully saturated rings. The minimum Gasteiger partial charge on any atom is -0.312 e. The summed E-state index contributed by atoms with van der Waals surface area (Å²) in [5.41, 5.74) is 1.70. The minimum atomic E-state index is -3.51. The second-order valence-electron chi connectivity index (χ2n) is 5.68. The summed E-state index contributed by atoms with van der Waals surface area (Å²) in [6.07, 6.45) is 1.09. The Bertz CT molecular complexity index is 1060. The summed E-state index contributed by atoms with van der Waals surface area (Å²) in [5.74, 6) is 0.399. The van der Waals surface area contributed by atoms with Crippen LogP contribution < -0.4 is 5.32 Å². The summed E-state index contributed by atoms with van der Waals surface area (Å²) in [5, 5.41) is 3.46. The Morgan fingerprint density at radius 3 is 2.44 bits per heavy atom. The Morgan fingerprint density at radius 1 is 1.11 bits per heavy atom. The number of amides is 1. The van der Waals surface area contributed by atoms with Crippen molar-refractivity contribution < 1.29 is 13.2 Å². The number of nitrogens with zero attached hydrogens (tertiary/aromatic N) is 1. The number of thioether (sulfide) groups is 1. The molecule has 0 aliphatic heterocycles. The molecule has 0 radical (unpaired) electrons. The number of anilines is 1. The number of carbonyl (C=O) groups excluding carboxylic acids is 1. The van der Waals surface area contributed by atoms with Crippen molar-refractivity contribution in [1.29, 1.82) is 0 Å². The molecule has 0 bridgehead atoms. The Kier molecular flexibility index (Phi) is 5.98. The van der Waals surface area contributed by atoms with Crippen molar-refractivity contribution in [3.63, 3.8) is 0 Å². The van der Waals surface area contributed by atoms with Crippen LogP contribution in [0.3, 0.4) is 0 Å². The molecule has 8 heteroatoms. The fourth-order valence-electron chi connectivity index (χ4n) is 2.51. The van der Waals surface area contributed by atoms with Crippen LogP contribution in [-0.2, 0) is 9.84 Å². The number of carbonyl (C=O) groups is 1. The predicted octanol–water partition coefficient (Wildman–Crippen LogP) is 4.58. The second-order valence-corrected chi connectivity index (χ2v) is 10.2. The van der Waals surface area contributed by atoms with E-state index in [2.05, 4.69) is 10.3 Å². The molecule has 1 heterocycles. The summed E-state index contributed by atoms with van der Waals surface area (Å²) >= 11 is 2.98. The van der Waals surface area contributed by atoms with E-state index >= 15 is 0 Å². The van der Waals surface area contributed by atoms with E-state index in [9.17, 15) is 13.2 Å². The van der Waals surface area contributed by atoms with Gasteiger partial charge in [0.05, 0.1) is 10.5 Å². The van der Waals surface area contributed by atoms with Crippen molar-refractivity contribution in [3.8, 4) is 11.3 Å². The maximum atomic E-state index is 12.8. The van der Waals surface area contributed by atoms with E-state index in [-0.39, 0.29) is 10.5 Å². The van der Waals surface area contributed by atoms with Gasteiger partial charge >= 0.3 is 0 Å². The molecular weight excluding hydrogens is 400 g/mol. The maximum Gasteiger partial charge on any atom is 0.257 e. The van der Waals surface area contributed by atoms with Crippen molar-refractivity contribution in [2.45, 2.75) is 16.2 Å². The lowest BCUT2D eigenvalue weighted by molar-refractivity contribution is 0.102. The molecule has 0 saturated heterocycles. The van der Waals surface area contributed by atoms with Gasteiger partial charge in [0, 0.05) is 11.8 Å². The van der Waals surface area contributed by atoms with Gasteiger partial charge in [-0.3, -0.25) is 4.79 Å². The predicted molar refractivity (Wildman–Crippen MR) is 111 cm³/mol. The molecule has 27 heavy (non-hydrogen) atoms. The molecule has 3 rings (SSSR count). The summed E-state index contributed by atoms with van der Waals surface area (Å²) < 4.78 is 24.8. The van der Waals surface area contributed by atoms with Crippen molar-refractivity contribution >= 4 is 43.8 Å². The fourth-order valence-corrected chi connectivity index (χ4v) is 5.35. The molecule has 140 valence electrons. The molecule has 3 aromatic rings. The lowest BCUT2D eigenvalue weighted by atomic mass is 10.1. The zero-order valence-corrected chi connectivity index (χ0v) is 17.2. The number of nitrogens with one attached hydrogen (secondary N) is 1.